The Hall–Kier alpha value is -1.45. The highest BCUT2D eigenvalue weighted by Crippen LogP contribution is 2.32. The van der Waals surface area contributed by atoms with Crippen molar-refractivity contribution in [1.82, 2.24) is 0 Å². The van der Waals surface area contributed by atoms with Gasteiger partial charge in [0, 0.05) is 0 Å². The number of halogens is 3. The van der Waals surface area contributed by atoms with E-state index in [1.807, 2.05) is 0 Å². The van der Waals surface area contributed by atoms with Crippen molar-refractivity contribution in [2.24, 2.45) is 11.8 Å². The molecule has 1 aliphatic carbocycles. The van der Waals surface area contributed by atoms with E-state index < -0.39 is 11.7 Å². The molecule has 2 atom stereocenters. The van der Waals surface area contributed by atoms with Crippen molar-refractivity contribution in [3.63, 3.8) is 0 Å². The summed E-state index contributed by atoms with van der Waals surface area (Å²) in [6.07, 6.45) is 5.78. The van der Waals surface area contributed by atoms with Crippen LogP contribution in [0, 0.1) is 11.8 Å². The molecule has 2 rings (SSSR count). The lowest BCUT2D eigenvalue weighted by molar-refractivity contribution is -0.137. The summed E-state index contributed by atoms with van der Waals surface area (Å²) in [6.45, 7) is 2.73. The lowest BCUT2D eigenvalue weighted by Crippen LogP contribution is -2.05. The zero-order valence-corrected chi connectivity index (χ0v) is 12.9. The van der Waals surface area contributed by atoms with Gasteiger partial charge in [0.25, 0.3) is 0 Å². The largest absolute Gasteiger partial charge is 0.494 e. The summed E-state index contributed by atoms with van der Waals surface area (Å²) in [5, 5.41) is 0. The van der Waals surface area contributed by atoms with Crippen molar-refractivity contribution in [2.45, 2.75) is 45.2 Å². The first-order valence-electron chi connectivity index (χ1n) is 7.93. The van der Waals surface area contributed by atoms with E-state index in [-0.39, 0.29) is 5.75 Å². The average Bonchev–Trinajstić information content (AvgIpc) is 2.87. The van der Waals surface area contributed by atoms with Crippen LogP contribution in [0.2, 0.25) is 0 Å². The van der Waals surface area contributed by atoms with Crippen molar-refractivity contribution in [3.8, 4) is 5.75 Å². The minimum Gasteiger partial charge on any atom is -0.494 e. The second-order valence-corrected chi connectivity index (χ2v) is 6.02. The fraction of sp³-hybridized carbons (Fsp3) is 0.556. The third kappa shape index (κ3) is 5.08. The number of hydrogen-bond donors (Lipinski definition) is 0. The van der Waals surface area contributed by atoms with Gasteiger partial charge in [0.05, 0.1) is 12.2 Å². The van der Waals surface area contributed by atoms with E-state index in [1.165, 1.54) is 25.3 Å². The molecule has 0 N–H and O–H groups in total. The van der Waals surface area contributed by atoms with Crippen LogP contribution in [-0.2, 0) is 6.18 Å². The summed E-state index contributed by atoms with van der Waals surface area (Å²) in [4.78, 5) is 0. The SMILES string of the molecule is CC1CCC[C@@H]1/C=C/CCCOc1cccc(C(F)(F)F)c1. The molecule has 1 saturated carbocycles. The van der Waals surface area contributed by atoms with Crippen molar-refractivity contribution in [3.05, 3.63) is 42.0 Å². The second kappa shape index (κ2) is 7.70. The zero-order valence-electron chi connectivity index (χ0n) is 12.9. The van der Waals surface area contributed by atoms with E-state index in [1.54, 1.807) is 6.07 Å². The highest BCUT2D eigenvalue weighted by Gasteiger charge is 2.30. The van der Waals surface area contributed by atoms with Gasteiger partial charge in [-0.1, -0.05) is 38.0 Å². The Bertz CT molecular complexity index is 493. The minimum atomic E-state index is -4.32. The fourth-order valence-electron chi connectivity index (χ4n) is 2.88. The number of unbranched alkanes of at least 4 members (excludes halogenated alkanes) is 1. The van der Waals surface area contributed by atoms with Crippen molar-refractivity contribution in [1.29, 1.82) is 0 Å². The summed E-state index contributed by atoms with van der Waals surface area (Å²) in [5.74, 6) is 1.75. The monoisotopic (exact) mass is 312 g/mol. The van der Waals surface area contributed by atoms with Crippen molar-refractivity contribution < 1.29 is 17.9 Å². The molecule has 4 heteroatoms. The number of alkyl halides is 3. The molecule has 0 radical (unpaired) electrons. The lowest BCUT2D eigenvalue weighted by atomic mass is 9.97. The van der Waals surface area contributed by atoms with Crippen LogP contribution in [0.3, 0.4) is 0 Å². The molecule has 0 aliphatic heterocycles. The van der Waals surface area contributed by atoms with Gasteiger partial charge < -0.3 is 4.74 Å². The summed E-state index contributed by atoms with van der Waals surface area (Å²) in [5.41, 5.74) is -0.667. The number of rotatable bonds is 6. The molecule has 122 valence electrons. The molecule has 0 saturated heterocycles. The van der Waals surface area contributed by atoms with Gasteiger partial charge in [0.1, 0.15) is 5.75 Å². The maximum Gasteiger partial charge on any atom is 0.416 e. The molecule has 1 aliphatic rings. The Morgan fingerprint density at radius 3 is 2.77 bits per heavy atom. The molecule has 0 amide bonds. The Kier molecular flexibility index (Phi) is 5.92. The van der Waals surface area contributed by atoms with Crippen LogP contribution in [0.25, 0.3) is 0 Å². The standard InChI is InChI=1S/C18H23F3O/c1-14-7-5-9-15(14)8-3-2-4-12-22-17-11-6-10-16(13-17)18(19,20)21/h3,6,8,10-11,13-15H,2,4-5,7,9,12H2,1H3/b8-3+/t14?,15-/m0/s1. The van der Waals surface area contributed by atoms with Crippen molar-refractivity contribution in [2.75, 3.05) is 6.61 Å². The van der Waals surface area contributed by atoms with E-state index in [2.05, 4.69) is 19.1 Å². The molecule has 22 heavy (non-hydrogen) atoms. The third-order valence-electron chi connectivity index (χ3n) is 4.26. The van der Waals surface area contributed by atoms with Gasteiger partial charge in [-0.25, -0.2) is 0 Å². The average molecular weight is 312 g/mol. The van der Waals surface area contributed by atoms with Crippen LogP contribution in [0.1, 0.15) is 44.6 Å². The van der Waals surface area contributed by atoms with E-state index in [4.69, 9.17) is 4.74 Å². The van der Waals surface area contributed by atoms with Gasteiger partial charge in [0.2, 0.25) is 0 Å². The fourth-order valence-corrected chi connectivity index (χ4v) is 2.88. The zero-order chi connectivity index (χ0) is 16.0. The number of benzene rings is 1. The van der Waals surface area contributed by atoms with Gasteiger partial charge in [-0.05, 0) is 49.3 Å². The Morgan fingerprint density at radius 2 is 2.09 bits per heavy atom. The second-order valence-electron chi connectivity index (χ2n) is 6.02. The molecule has 1 unspecified atom stereocenters. The first-order chi connectivity index (χ1) is 10.5. The smallest absolute Gasteiger partial charge is 0.416 e. The van der Waals surface area contributed by atoms with Crippen LogP contribution in [0.4, 0.5) is 13.2 Å². The molecule has 1 nitrogen and oxygen atoms in total. The highest BCUT2D eigenvalue weighted by atomic mass is 19.4. The Balaban J connectivity index is 1.69. The van der Waals surface area contributed by atoms with E-state index >= 15 is 0 Å². The Morgan fingerprint density at radius 1 is 1.27 bits per heavy atom. The van der Waals surface area contributed by atoms with Gasteiger partial charge in [-0.2, -0.15) is 13.2 Å². The van der Waals surface area contributed by atoms with Crippen molar-refractivity contribution >= 4 is 0 Å². The third-order valence-corrected chi connectivity index (χ3v) is 4.26. The maximum absolute atomic E-state index is 12.6. The summed E-state index contributed by atoms with van der Waals surface area (Å²) in [7, 11) is 0. The van der Waals surface area contributed by atoms with E-state index in [0.29, 0.717) is 12.5 Å². The van der Waals surface area contributed by atoms with Crippen LogP contribution in [0.15, 0.2) is 36.4 Å². The normalized spacial score (nSPS) is 22.4. The summed E-state index contributed by atoms with van der Waals surface area (Å²) in [6, 6.07) is 5.04. The molecule has 0 aromatic heterocycles. The topological polar surface area (TPSA) is 9.23 Å². The maximum atomic E-state index is 12.6. The molecular formula is C18H23F3O. The highest BCUT2D eigenvalue weighted by molar-refractivity contribution is 5.30. The van der Waals surface area contributed by atoms with E-state index in [0.717, 1.165) is 30.9 Å². The first-order valence-corrected chi connectivity index (χ1v) is 7.93. The molecule has 0 heterocycles. The number of ether oxygens (including phenoxy) is 1. The van der Waals surface area contributed by atoms with E-state index in [9.17, 15) is 13.2 Å². The van der Waals surface area contributed by atoms with Crippen LogP contribution < -0.4 is 4.74 Å². The molecule has 1 fully saturated rings. The van der Waals surface area contributed by atoms with Crippen LogP contribution in [0.5, 0.6) is 5.75 Å². The molecule has 0 spiro atoms. The van der Waals surface area contributed by atoms with Crippen LogP contribution in [-0.4, -0.2) is 6.61 Å². The predicted octanol–water partition coefficient (Wildman–Crippen LogP) is 5.86. The molecule has 0 bridgehead atoms. The van der Waals surface area contributed by atoms with Gasteiger partial charge in [-0.15, -0.1) is 0 Å². The molecule has 1 aromatic carbocycles. The Labute approximate surface area is 130 Å². The number of hydrogen-bond acceptors (Lipinski definition) is 1. The molecule has 1 aromatic rings. The quantitative estimate of drug-likeness (QED) is 0.472. The lowest BCUT2D eigenvalue weighted by Gasteiger charge is -2.10. The molecular weight excluding hydrogens is 289 g/mol. The van der Waals surface area contributed by atoms with Gasteiger partial charge in [0.15, 0.2) is 0 Å². The van der Waals surface area contributed by atoms with Gasteiger partial charge in [-0.3, -0.25) is 0 Å². The number of allylic oxidation sites excluding steroid dienone is 2. The minimum absolute atomic E-state index is 0.281. The summed E-state index contributed by atoms with van der Waals surface area (Å²) < 4.78 is 43.1. The first kappa shape index (κ1) is 16.9. The predicted molar refractivity (Wildman–Crippen MR) is 81.8 cm³/mol. The summed E-state index contributed by atoms with van der Waals surface area (Å²) >= 11 is 0. The van der Waals surface area contributed by atoms with Crippen LogP contribution >= 0.6 is 0 Å². The van der Waals surface area contributed by atoms with Gasteiger partial charge >= 0.3 is 6.18 Å².